The Balaban J connectivity index is 0.000000182. The van der Waals surface area contributed by atoms with E-state index < -0.39 is 5.97 Å². The normalized spacial score (nSPS) is 9.41. The first-order valence-corrected chi connectivity index (χ1v) is 7.71. The third kappa shape index (κ3) is 7.21. The SMILES string of the molecule is CC(=O)O.NCCc1ncc[nH]1.Sc1nc2ccccc2s1. The van der Waals surface area contributed by atoms with Crippen LogP contribution < -0.4 is 5.73 Å². The van der Waals surface area contributed by atoms with E-state index in [9.17, 15) is 0 Å². The van der Waals surface area contributed by atoms with Gasteiger partial charge in [-0.2, -0.15) is 0 Å². The Bertz CT molecular complexity index is 646. The molecular formula is C14H18N4O2S2. The summed E-state index contributed by atoms with van der Waals surface area (Å²) in [6.45, 7) is 1.74. The number of H-pyrrole nitrogens is 1. The van der Waals surface area contributed by atoms with Crippen LogP contribution >= 0.6 is 24.0 Å². The molecule has 0 unspecified atom stereocenters. The number of aliphatic carboxylic acids is 1. The van der Waals surface area contributed by atoms with Crippen LogP contribution in [-0.4, -0.2) is 32.6 Å². The van der Waals surface area contributed by atoms with Crippen molar-refractivity contribution < 1.29 is 9.90 Å². The molecule has 3 rings (SSSR count). The summed E-state index contributed by atoms with van der Waals surface area (Å²) < 4.78 is 2.04. The van der Waals surface area contributed by atoms with Crippen LogP contribution in [0.2, 0.25) is 0 Å². The maximum absolute atomic E-state index is 9.00. The van der Waals surface area contributed by atoms with E-state index in [0.29, 0.717) is 6.54 Å². The van der Waals surface area contributed by atoms with Crippen LogP contribution in [0.4, 0.5) is 0 Å². The zero-order valence-electron chi connectivity index (χ0n) is 12.1. The van der Waals surface area contributed by atoms with Crippen molar-refractivity contribution in [3.05, 3.63) is 42.5 Å². The number of carboxylic acid groups (broad SMARTS) is 1. The lowest BCUT2D eigenvalue weighted by molar-refractivity contribution is -0.134. The predicted molar refractivity (Wildman–Crippen MR) is 91.5 cm³/mol. The van der Waals surface area contributed by atoms with Crippen molar-refractivity contribution in [2.75, 3.05) is 6.54 Å². The first-order valence-electron chi connectivity index (χ1n) is 6.45. The van der Waals surface area contributed by atoms with Gasteiger partial charge in [-0.3, -0.25) is 4.79 Å². The second-order valence-electron chi connectivity index (χ2n) is 4.06. The van der Waals surface area contributed by atoms with Crippen molar-refractivity contribution in [2.24, 2.45) is 5.73 Å². The van der Waals surface area contributed by atoms with Crippen LogP contribution in [0.3, 0.4) is 0 Å². The third-order valence-corrected chi connectivity index (χ3v) is 3.43. The number of hydrogen-bond donors (Lipinski definition) is 4. The number of carboxylic acids is 1. The van der Waals surface area contributed by atoms with Crippen molar-refractivity contribution in [3.63, 3.8) is 0 Å². The molecular weight excluding hydrogens is 320 g/mol. The Morgan fingerprint density at radius 1 is 1.45 bits per heavy atom. The number of benzene rings is 1. The van der Waals surface area contributed by atoms with E-state index in [1.54, 1.807) is 23.7 Å². The molecule has 0 saturated carbocycles. The lowest BCUT2D eigenvalue weighted by Gasteiger charge is -1.86. The third-order valence-electron chi connectivity index (χ3n) is 2.22. The van der Waals surface area contributed by atoms with Gasteiger partial charge in [0.05, 0.1) is 10.2 Å². The van der Waals surface area contributed by atoms with Crippen LogP contribution in [0.1, 0.15) is 12.7 Å². The number of imidazole rings is 1. The monoisotopic (exact) mass is 338 g/mol. The molecule has 8 heteroatoms. The molecule has 0 spiro atoms. The highest BCUT2D eigenvalue weighted by molar-refractivity contribution is 7.82. The molecule has 118 valence electrons. The molecule has 0 bridgehead atoms. The van der Waals surface area contributed by atoms with Crippen LogP contribution in [0.25, 0.3) is 10.2 Å². The Kier molecular flexibility index (Phi) is 8.19. The number of thiol groups is 1. The summed E-state index contributed by atoms with van der Waals surface area (Å²) in [5.41, 5.74) is 6.30. The Morgan fingerprint density at radius 2 is 2.14 bits per heavy atom. The van der Waals surface area contributed by atoms with E-state index in [1.165, 1.54) is 4.70 Å². The number of para-hydroxylation sites is 1. The Hall–Kier alpha value is -1.90. The van der Waals surface area contributed by atoms with E-state index >= 15 is 0 Å². The molecule has 0 radical (unpaired) electrons. The van der Waals surface area contributed by atoms with E-state index in [0.717, 1.165) is 29.0 Å². The van der Waals surface area contributed by atoms with Gasteiger partial charge in [-0.15, -0.1) is 24.0 Å². The fourth-order valence-corrected chi connectivity index (χ4v) is 2.54. The van der Waals surface area contributed by atoms with Gasteiger partial charge in [-0.1, -0.05) is 12.1 Å². The lowest BCUT2D eigenvalue weighted by Crippen LogP contribution is -2.03. The quantitative estimate of drug-likeness (QED) is 0.538. The van der Waals surface area contributed by atoms with E-state index in [1.807, 2.05) is 24.3 Å². The lowest BCUT2D eigenvalue weighted by atomic mass is 10.3. The standard InChI is InChI=1S/C7H5NS2.C5H9N3.C2H4O2/c9-7-8-5-3-1-2-4-6(5)10-7;6-2-1-5-7-3-4-8-5;1-2(3)4/h1-4H,(H,8,9);3-4H,1-2,6H2,(H,7,8);1H3,(H,3,4). The molecule has 2 heterocycles. The van der Waals surface area contributed by atoms with Crippen LogP contribution in [0, 0.1) is 0 Å². The highest BCUT2D eigenvalue weighted by Crippen LogP contribution is 2.23. The summed E-state index contributed by atoms with van der Waals surface area (Å²) in [6, 6.07) is 8.03. The molecule has 3 aromatic rings. The highest BCUT2D eigenvalue weighted by atomic mass is 32.2. The molecule has 6 nitrogen and oxygen atoms in total. The number of aromatic amines is 1. The first-order chi connectivity index (χ1) is 10.5. The Morgan fingerprint density at radius 3 is 2.68 bits per heavy atom. The fraction of sp³-hybridized carbons (Fsp3) is 0.214. The van der Waals surface area contributed by atoms with Gasteiger partial charge in [-0.05, 0) is 18.7 Å². The van der Waals surface area contributed by atoms with Gasteiger partial charge in [0.2, 0.25) is 0 Å². The summed E-state index contributed by atoms with van der Waals surface area (Å²) in [7, 11) is 0. The molecule has 0 aliphatic carbocycles. The average Bonchev–Trinajstić information content (AvgIpc) is 3.07. The zero-order valence-corrected chi connectivity index (χ0v) is 13.8. The van der Waals surface area contributed by atoms with Crippen LogP contribution in [-0.2, 0) is 11.2 Å². The largest absolute Gasteiger partial charge is 0.481 e. The van der Waals surface area contributed by atoms with Gasteiger partial charge >= 0.3 is 0 Å². The summed E-state index contributed by atoms with van der Waals surface area (Å²) in [4.78, 5) is 20.1. The number of aromatic nitrogens is 3. The number of nitrogens with one attached hydrogen (secondary N) is 1. The molecule has 0 fully saturated rings. The number of nitrogens with zero attached hydrogens (tertiary/aromatic N) is 2. The van der Waals surface area contributed by atoms with E-state index in [4.69, 9.17) is 15.6 Å². The maximum Gasteiger partial charge on any atom is 0.300 e. The summed E-state index contributed by atoms with van der Waals surface area (Å²) in [6.07, 6.45) is 4.36. The number of carbonyl (C=O) groups is 1. The summed E-state index contributed by atoms with van der Waals surface area (Å²) in [5, 5.41) is 7.42. The number of fused-ring (bicyclic) bond motifs is 1. The summed E-state index contributed by atoms with van der Waals surface area (Å²) >= 11 is 5.76. The Labute approximate surface area is 137 Å². The predicted octanol–water partition coefficient (Wildman–Crippen LogP) is 2.59. The van der Waals surface area contributed by atoms with Crippen LogP contribution in [0.15, 0.2) is 41.0 Å². The van der Waals surface area contributed by atoms with Crippen molar-refractivity contribution in [1.29, 1.82) is 0 Å². The van der Waals surface area contributed by atoms with E-state index in [2.05, 4.69) is 27.6 Å². The van der Waals surface area contributed by atoms with Crippen molar-refractivity contribution in [3.8, 4) is 0 Å². The van der Waals surface area contributed by atoms with Gasteiger partial charge in [0, 0.05) is 25.7 Å². The number of rotatable bonds is 2. The molecule has 0 aliphatic rings. The highest BCUT2D eigenvalue weighted by Gasteiger charge is 1.96. The molecule has 1 aromatic carbocycles. The second kappa shape index (κ2) is 9.93. The smallest absolute Gasteiger partial charge is 0.300 e. The fourth-order valence-electron chi connectivity index (χ4n) is 1.43. The van der Waals surface area contributed by atoms with Crippen LogP contribution in [0.5, 0.6) is 0 Å². The minimum Gasteiger partial charge on any atom is -0.481 e. The molecule has 2 aromatic heterocycles. The van der Waals surface area contributed by atoms with Gasteiger partial charge in [0.15, 0.2) is 0 Å². The van der Waals surface area contributed by atoms with Gasteiger partial charge < -0.3 is 15.8 Å². The number of hydrogen-bond acceptors (Lipinski definition) is 6. The minimum atomic E-state index is -0.833. The minimum absolute atomic E-state index is 0.660. The maximum atomic E-state index is 9.00. The molecule has 0 saturated heterocycles. The molecule has 22 heavy (non-hydrogen) atoms. The van der Waals surface area contributed by atoms with Gasteiger partial charge in [0.1, 0.15) is 10.2 Å². The summed E-state index contributed by atoms with van der Waals surface area (Å²) in [5.74, 6) is 0.132. The van der Waals surface area contributed by atoms with Crippen molar-refractivity contribution in [2.45, 2.75) is 17.7 Å². The molecule has 0 amide bonds. The molecule has 4 N–H and O–H groups in total. The topological polar surface area (TPSA) is 105 Å². The van der Waals surface area contributed by atoms with Crippen molar-refractivity contribution >= 4 is 40.2 Å². The molecule has 0 atom stereocenters. The van der Waals surface area contributed by atoms with E-state index in [-0.39, 0.29) is 0 Å². The van der Waals surface area contributed by atoms with Gasteiger partial charge in [-0.25, -0.2) is 9.97 Å². The van der Waals surface area contributed by atoms with Gasteiger partial charge in [0.25, 0.3) is 5.97 Å². The first kappa shape index (κ1) is 18.1. The van der Waals surface area contributed by atoms with Crippen molar-refractivity contribution in [1.82, 2.24) is 15.0 Å². The average molecular weight is 338 g/mol. The number of nitrogens with two attached hydrogens (primary N) is 1. The molecule has 0 aliphatic heterocycles. The second-order valence-corrected chi connectivity index (χ2v) is 5.81. The zero-order chi connectivity index (χ0) is 16.4. The number of thiazole rings is 1.